The van der Waals surface area contributed by atoms with Gasteiger partial charge in [0.15, 0.2) is 0 Å². The van der Waals surface area contributed by atoms with E-state index in [1.807, 2.05) is 6.92 Å². The lowest BCUT2D eigenvalue weighted by Gasteiger charge is -2.22. The van der Waals surface area contributed by atoms with Crippen LogP contribution < -0.4 is 0 Å². The van der Waals surface area contributed by atoms with Crippen LogP contribution in [0.25, 0.3) is 0 Å². The van der Waals surface area contributed by atoms with E-state index in [0.29, 0.717) is 6.42 Å². The predicted octanol–water partition coefficient (Wildman–Crippen LogP) is 2.52. The van der Waals surface area contributed by atoms with Gasteiger partial charge in [-0.15, -0.1) is 10.1 Å². The Hall–Kier alpha value is 0.160. The molecule has 72 valence electrons. The van der Waals surface area contributed by atoms with E-state index in [4.69, 9.17) is 0 Å². The summed E-state index contributed by atoms with van der Waals surface area (Å²) >= 11 is 6.72. The van der Waals surface area contributed by atoms with Crippen molar-refractivity contribution < 1.29 is 9.92 Å². The quantitative estimate of drug-likeness (QED) is 0.445. The van der Waals surface area contributed by atoms with E-state index in [2.05, 4.69) is 36.7 Å². The van der Waals surface area contributed by atoms with Crippen LogP contribution in [0.1, 0.15) is 20.3 Å². The van der Waals surface area contributed by atoms with Crippen LogP contribution >= 0.6 is 31.9 Å². The van der Waals surface area contributed by atoms with Crippen LogP contribution in [0.3, 0.4) is 0 Å². The fourth-order valence-corrected chi connectivity index (χ4v) is 1.52. The normalized spacial score (nSPS) is 18.0. The molecular formula is C6H11Br2NO3. The summed E-state index contributed by atoms with van der Waals surface area (Å²) in [6, 6.07) is 0. The fourth-order valence-electron chi connectivity index (χ4n) is 0.838. The Morgan fingerprint density at radius 3 is 2.58 bits per heavy atom. The van der Waals surface area contributed by atoms with Gasteiger partial charge in [0.1, 0.15) is 6.10 Å². The molecule has 0 bridgehead atoms. The van der Waals surface area contributed by atoms with Crippen LogP contribution in [-0.2, 0) is 4.84 Å². The predicted molar refractivity (Wildman–Crippen MR) is 53.3 cm³/mol. The summed E-state index contributed by atoms with van der Waals surface area (Å²) in [6.07, 6.45) is 0.195. The Labute approximate surface area is 88.0 Å². The molecule has 0 amide bonds. The number of rotatable bonds is 5. The van der Waals surface area contributed by atoms with Gasteiger partial charge < -0.3 is 4.84 Å². The third kappa shape index (κ3) is 5.77. The molecule has 2 unspecified atom stereocenters. The molecule has 0 aromatic heterocycles. The highest BCUT2D eigenvalue weighted by Gasteiger charge is 2.23. The van der Waals surface area contributed by atoms with Crippen molar-refractivity contribution in [1.82, 2.24) is 0 Å². The lowest BCUT2D eigenvalue weighted by Crippen LogP contribution is -2.26. The summed E-state index contributed by atoms with van der Waals surface area (Å²) in [5.41, 5.74) is 0. The summed E-state index contributed by atoms with van der Waals surface area (Å²) in [7, 11) is 0. The standard InChI is InChI=1S/C6H11Br2NO3/c1-5(12-9(10)11)3-6(2,8)4-7/h5H,3-4H2,1-2H3. The number of alkyl halides is 2. The smallest absolute Gasteiger partial charge is 0.294 e. The van der Waals surface area contributed by atoms with Gasteiger partial charge in [-0.3, -0.25) is 0 Å². The molecule has 0 spiro atoms. The highest BCUT2D eigenvalue weighted by atomic mass is 79.9. The van der Waals surface area contributed by atoms with Gasteiger partial charge >= 0.3 is 0 Å². The molecule has 2 atom stereocenters. The maximum absolute atomic E-state index is 9.94. The molecule has 0 heterocycles. The lowest BCUT2D eigenvalue weighted by atomic mass is 10.1. The van der Waals surface area contributed by atoms with E-state index in [9.17, 15) is 10.1 Å². The second-order valence-electron chi connectivity index (χ2n) is 2.89. The van der Waals surface area contributed by atoms with E-state index in [0.717, 1.165) is 5.33 Å². The SMILES string of the molecule is CC(CC(C)(Br)CBr)O[N+](=O)[O-]. The summed E-state index contributed by atoms with van der Waals surface area (Å²) in [5, 5.41) is 9.91. The maximum atomic E-state index is 9.94. The van der Waals surface area contributed by atoms with Crippen molar-refractivity contribution in [2.24, 2.45) is 0 Å². The third-order valence-electron chi connectivity index (χ3n) is 1.26. The largest absolute Gasteiger partial charge is 0.311 e. The zero-order valence-electron chi connectivity index (χ0n) is 6.92. The van der Waals surface area contributed by atoms with Gasteiger partial charge in [0.05, 0.1) is 0 Å². The highest BCUT2D eigenvalue weighted by Crippen LogP contribution is 2.26. The Morgan fingerprint density at radius 2 is 2.25 bits per heavy atom. The van der Waals surface area contributed by atoms with Crippen LogP contribution in [0.2, 0.25) is 0 Å². The lowest BCUT2D eigenvalue weighted by molar-refractivity contribution is -0.767. The molecule has 0 aromatic carbocycles. The van der Waals surface area contributed by atoms with Crippen LogP contribution in [0.5, 0.6) is 0 Å². The van der Waals surface area contributed by atoms with Crippen molar-refractivity contribution >= 4 is 31.9 Å². The van der Waals surface area contributed by atoms with E-state index in [1.54, 1.807) is 6.92 Å². The Bertz CT molecular complexity index is 163. The first kappa shape index (κ1) is 12.2. The average molecular weight is 305 g/mol. The Balaban J connectivity index is 3.83. The molecule has 0 aliphatic rings. The Kier molecular flexibility index (Phi) is 5.08. The molecule has 0 radical (unpaired) electrons. The summed E-state index contributed by atoms with van der Waals surface area (Å²) in [4.78, 5) is 14.3. The van der Waals surface area contributed by atoms with Gasteiger partial charge in [0, 0.05) is 9.65 Å². The summed E-state index contributed by atoms with van der Waals surface area (Å²) in [5.74, 6) is 0. The molecule has 0 fully saturated rings. The monoisotopic (exact) mass is 303 g/mol. The molecule has 0 saturated heterocycles. The number of nitrogens with zero attached hydrogens (tertiary/aromatic N) is 1. The molecule has 0 aliphatic carbocycles. The minimum Gasteiger partial charge on any atom is -0.311 e. The molecular weight excluding hydrogens is 294 g/mol. The zero-order valence-corrected chi connectivity index (χ0v) is 10.1. The van der Waals surface area contributed by atoms with Gasteiger partial charge in [0.2, 0.25) is 0 Å². The first-order valence-electron chi connectivity index (χ1n) is 3.43. The van der Waals surface area contributed by atoms with E-state index < -0.39 is 5.09 Å². The van der Waals surface area contributed by atoms with Gasteiger partial charge in [-0.05, 0) is 20.3 Å². The minimum absolute atomic E-state index is 0.150. The number of hydrogen-bond acceptors (Lipinski definition) is 3. The van der Waals surface area contributed by atoms with Gasteiger partial charge in [-0.1, -0.05) is 31.9 Å². The molecule has 0 aliphatic heterocycles. The van der Waals surface area contributed by atoms with Crippen molar-refractivity contribution in [2.45, 2.75) is 30.7 Å². The highest BCUT2D eigenvalue weighted by molar-refractivity contribution is 9.12. The summed E-state index contributed by atoms with van der Waals surface area (Å²) in [6.45, 7) is 3.62. The van der Waals surface area contributed by atoms with Gasteiger partial charge in [-0.2, -0.15) is 0 Å². The fraction of sp³-hybridized carbons (Fsp3) is 1.00. The van der Waals surface area contributed by atoms with Crippen molar-refractivity contribution in [1.29, 1.82) is 0 Å². The zero-order chi connectivity index (χ0) is 9.78. The second kappa shape index (κ2) is 5.01. The van der Waals surface area contributed by atoms with Crippen LogP contribution in [0, 0.1) is 10.1 Å². The maximum Gasteiger partial charge on any atom is 0.294 e. The van der Waals surface area contributed by atoms with Crippen molar-refractivity contribution in [3.8, 4) is 0 Å². The van der Waals surface area contributed by atoms with Gasteiger partial charge in [-0.25, -0.2) is 0 Å². The molecule has 0 rings (SSSR count). The number of hydrogen-bond donors (Lipinski definition) is 0. The van der Waals surface area contributed by atoms with E-state index >= 15 is 0 Å². The van der Waals surface area contributed by atoms with Crippen molar-refractivity contribution in [2.75, 3.05) is 5.33 Å². The number of halogens is 2. The average Bonchev–Trinajstić information content (AvgIpc) is 1.84. The molecule has 0 aromatic rings. The first-order chi connectivity index (χ1) is 5.37. The van der Waals surface area contributed by atoms with E-state index in [1.165, 1.54) is 0 Å². The minimum atomic E-state index is -0.762. The van der Waals surface area contributed by atoms with Crippen LogP contribution in [0.4, 0.5) is 0 Å². The second-order valence-corrected chi connectivity index (χ2v) is 5.37. The van der Waals surface area contributed by atoms with Gasteiger partial charge in [0.25, 0.3) is 5.09 Å². The molecule has 0 saturated carbocycles. The molecule has 4 nitrogen and oxygen atoms in total. The van der Waals surface area contributed by atoms with Crippen molar-refractivity contribution in [3.63, 3.8) is 0 Å². The third-order valence-corrected chi connectivity index (χ3v) is 3.85. The molecule has 6 heteroatoms. The summed E-state index contributed by atoms with van der Waals surface area (Å²) < 4.78 is -0.150. The Morgan fingerprint density at radius 1 is 1.75 bits per heavy atom. The van der Waals surface area contributed by atoms with E-state index in [-0.39, 0.29) is 10.4 Å². The van der Waals surface area contributed by atoms with Crippen LogP contribution in [-0.4, -0.2) is 20.8 Å². The molecule has 0 N–H and O–H groups in total. The van der Waals surface area contributed by atoms with Crippen molar-refractivity contribution in [3.05, 3.63) is 10.1 Å². The topological polar surface area (TPSA) is 52.4 Å². The van der Waals surface area contributed by atoms with Crippen LogP contribution in [0.15, 0.2) is 0 Å². The first-order valence-corrected chi connectivity index (χ1v) is 5.35. The molecule has 12 heavy (non-hydrogen) atoms.